The van der Waals surface area contributed by atoms with Gasteiger partial charge in [0, 0.05) is 12.1 Å². The summed E-state index contributed by atoms with van der Waals surface area (Å²) in [6.07, 6.45) is 1.00. The molecular weight excluding hydrogens is 378 g/mol. The average molecular weight is 406 g/mol. The van der Waals surface area contributed by atoms with Gasteiger partial charge in [0.15, 0.2) is 0 Å². The average Bonchev–Trinajstić information content (AvgIpc) is 2.91. The molecule has 1 aliphatic heterocycles. The summed E-state index contributed by atoms with van der Waals surface area (Å²) in [5.41, 5.74) is 2.29. The zero-order chi connectivity index (χ0) is 21.0. The third-order valence-corrected chi connectivity index (χ3v) is 4.97. The molecule has 1 saturated heterocycles. The number of nitrogens with one attached hydrogen (secondary N) is 2. The number of nitrogens with zero attached hydrogens (tertiary/aromatic N) is 1. The van der Waals surface area contributed by atoms with Crippen LogP contribution in [0.25, 0.3) is 0 Å². The highest BCUT2D eigenvalue weighted by Gasteiger charge is 2.35. The molecule has 0 bridgehead atoms. The molecule has 28 heavy (non-hydrogen) atoms. The Kier molecular flexibility index (Phi) is 7.24. The van der Waals surface area contributed by atoms with Gasteiger partial charge in [0.05, 0.1) is 22.8 Å². The third kappa shape index (κ3) is 5.13. The summed E-state index contributed by atoms with van der Waals surface area (Å²) in [5.74, 6) is -0.204. The molecule has 7 heteroatoms. The molecule has 2 N–H and O–H groups in total. The van der Waals surface area contributed by atoms with E-state index in [1.165, 1.54) is 0 Å². The van der Waals surface area contributed by atoms with Crippen molar-refractivity contribution in [2.45, 2.75) is 53.5 Å². The highest BCUT2D eigenvalue weighted by molar-refractivity contribution is 6.34. The van der Waals surface area contributed by atoms with Gasteiger partial charge in [0.1, 0.15) is 6.04 Å². The number of hydrogen-bond donors (Lipinski definition) is 2. The summed E-state index contributed by atoms with van der Waals surface area (Å²) in [5, 5.41) is 6.37. The van der Waals surface area contributed by atoms with Crippen LogP contribution < -0.4 is 15.5 Å². The van der Waals surface area contributed by atoms with Crippen molar-refractivity contribution in [3.05, 3.63) is 34.4 Å². The molecule has 0 aliphatic carbocycles. The maximum absolute atomic E-state index is 12.6. The molecule has 1 heterocycles. The van der Waals surface area contributed by atoms with Gasteiger partial charge in [-0.2, -0.15) is 0 Å². The fourth-order valence-electron chi connectivity index (χ4n) is 2.90. The van der Waals surface area contributed by atoms with Crippen LogP contribution in [0, 0.1) is 5.92 Å². The first-order chi connectivity index (χ1) is 13.1. The number of carbonyl (C=O) groups excluding carboxylic acids is 3. The van der Waals surface area contributed by atoms with Crippen LogP contribution in [-0.2, 0) is 14.4 Å². The highest BCUT2D eigenvalue weighted by atomic mass is 35.5. The quantitative estimate of drug-likeness (QED) is 0.532. The summed E-state index contributed by atoms with van der Waals surface area (Å²) in [7, 11) is 0. The van der Waals surface area contributed by atoms with Crippen molar-refractivity contribution < 1.29 is 14.4 Å². The van der Waals surface area contributed by atoms with Gasteiger partial charge in [-0.15, -0.1) is 0 Å². The van der Waals surface area contributed by atoms with Crippen LogP contribution >= 0.6 is 11.6 Å². The van der Waals surface area contributed by atoms with Gasteiger partial charge in [-0.05, 0) is 51.3 Å². The number of amides is 3. The van der Waals surface area contributed by atoms with E-state index in [1.54, 1.807) is 25.1 Å². The van der Waals surface area contributed by atoms with Gasteiger partial charge in [-0.25, -0.2) is 4.90 Å². The Balaban J connectivity index is 2.15. The first-order valence-electron chi connectivity index (χ1n) is 9.49. The number of hydrogen-bond acceptors (Lipinski definition) is 4. The van der Waals surface area contributed by atoms with Crippen LogP contribution in [0.4, 0.5) is 11.4 Å². The molecule has 3 amide bonds. The second-order valence-corrected chi connectivity index (χ2v) is 8.10. The smallest absolute Gasteiger partial charge is 0.261 e. The van der Waals surface area contributed by atoms with Crippen molar-refractivity contribution in [2.75, 3.05) is 16.8 Å². The summed E-state index contributed by atoms with van der Waals surface area (Å²) >= 11 is 6.26. The van der Waals surface area contributed by atoms with Gasteiger partial charge in [0.25, 0.3) is 5.91 Å². The first kappa shape index (κ1) is 22.0. The zero-order valence-electron chi connectivity index (χ0n) is 17.1. The van der Waals surface area contributed by atoms with Crippen molar-refractivity contribution in [3.63, 3.8) is 0 Å². The Morgan fingerprint density at radius 2 is 1.89 bits per heavy atom. The monoisotopic (exact) mass is 405 g/mol. The molecule has 1 aromatic carbocycles. The minimum absolute atomic E-state index is 0.0984. The number of anilines is 2. The van der Waals surface area contributed by atoms with E-state index in [0.717, 1.165) is 16.9 Å². The van der Waals surface area contributed by atoms with Gasteiger partial charge >= 0.3 is 0 Å². The predicted molar refractivity (Wildman–Crippen MR) is 112 cm³/mol. The maximum atomic E-state index is 12.6. The Morgan fingerprint density at radius 1 is 1.21 bits per heavy atom. The van der Waals surface area contributed by atoms with Gasteiger partial charge in [0.2, 0.25) is 11.8 Å². The first-order valence-corrected chi connectivity index (χ1v) is 9.87. The van der Waals surface area contributed by atoms with Crippen molar-refractivity contribution in [1.82, 2.24) is 5.32 Å². The lowest BCUT2D eigenvalue weighted by molar-refractivity contribution is -0.122. The van der Waals surface area contributed by atoms with E-state index in [9.17, 15) is 14.4 Å². The van der Waals surface area contributed by atoms with Crippen molar-refractivity contribution in [3.8, 4) is 0 Å². The van der Waals surface area contributed by atoms with Crippen LogP contribution in [0.15, 0.2) is 29.3 Å². The standard InChI is InChI=1S/C21H28ClN3O3/c1-12(2)8-9-23-20(27)14(5)24-18-10-15(6-7-17(18)22)25-19(26)11-16(13(3)4)21(25)28/h6-7,10,12,14,24H,8-9,11H2,1-5H3,(H,23,27). The number of imide groups is 1. The summed E-state index contributed by atoms with van der Waals surface area (Å²) in [6, 6.07) is 4.36. The van der Waals surface area contributed by atoms with Gasteiger partial charge in [-0.1, -0.05) is 31.0 Å². The molecule has 1 aliphatic rings. The fourth-order valence-corrected chi connectivity index (χ4v) is 3.08. The molecule has 0 saturated carbocycles. The van der Waals surface area contributed by atoms with E-state index in [0.29, 0.717) is 34.4 Å². The van der Waals surface area contributed by atoms with E-state index in [1.807, 2.05) is 13.8 Å². The van der Waals surface area contributed by atoms with E-state index >= 15 is 0 Å². The maximum Gasteiger partial charge on any atom is 0.261 e. The molecule has 1 unspecified atom stereocenters. The molecule has 0 spiro atoms. The number of benzene rings is 1. The van der Waals surface area contributed by atoms with Crippen molar-refractivity contribution in [2.24, 2.45) is 5.92 Å². The topological polar surface area (TPSA) is 78.5 Å². The van der Waals surface area contributed by atoms with Gasteiger partial charge in [-0.3, -0.25) is 14.4 Å². The summed E-state index contributed by atoms with van der Waals surface area (Å²) in [6.45, 7) is 10.2. The molecule has 0 radical (unpaired) electrons. The molecule has 0 aromatic heterocycles. The molecule has 2 rings (SSSR count). The Morgan fingerprint density at radius 3 is 2.46 bits per heavy atom. The number of carbonyl (C=O) groups is 3. The van der Waals surface area contributed by atoms with E-state index in [2.05, 4.69) is 24.5 Å². The molecule has 1 fully saturated rings. The number of rotatable bonds is 7. The van der Waals surface area contributed by atoms with Crippen molar-refractivity contribution in [1.29, 1.82) is 0 Å². The van der Waals surface area contributed by atoms with E-state index in [-0.39, 0.29) is 24.1 Å². The summed E-state index contributed by atoms with van der Waals surface area (Å²) in [4.78, 5) is 38.4. The van der Waals surface area contributed by atoms with Crippen LogP contribution in [0.1, 0.15) is 47.5 Å². The van der Waals surface area contributed by atoms with E-state index in [4.69, 9.17) is 11.6 Å². The predicted octanol–water partition coefficient (Wildman–Crippen LogP) is 3.90. The molecule has 1 aromatic rings. The largest absolute Gasteiger partial charge is 0.373 e. The Labute approximate surface area is 171 Å². The lowest BCUT2D eigenvalue weighted by Crippen LogP contribution is -2.38. The van der Waals surface area contributed by atoms with Crippen molar-refractivity contribution >= 4 is 40.7 Å². The Hall–Kier alpha value is -2.34. The number of allylic oxidation sites excluding steroid dienone is 1. The normalized spacial score (nSPS) is 15.2. The minimum atomic E-state index is -0.516. The zero-order valence-corrected chi connectivity index (χ0v) is 17.8. The molecule has 6 nitrogen and oxygen atoms in total. The van der Waals surface area contributed by atoms with Crippen LogP contribution in [0.3, 0.4) is 0 Å². The van der Waals surface area contributed by atoms with Crippen LogP contribution in [-0.4, -0.2) is 30.3 Å². The summed E-state index contributed by atoms with van der Waals surface area (Å²) < 4.78 is 0. The van der Waals surface area contributed by atoms with Gasteiger partial charge < -0.3 is 10.6 Å². The minimum Gasteiger partial charge on any atom is -0.373 e. The molecule has 1 atom stereocenters. The van der Waals surface area contributed by atoms with Crippen LogP contribution in [0.2, 0.25) is 5.02 Å². The third-order valence-electron chi connectivity index (χ3n) is 4.64. The lowest BCUT2D eigenvalue weighted by atomic mass is 10.1. The highest BCUT2D eigenvalue weighted by Crippen LogP contribution is 2.33. The van der Waals surface area contributed by atoms with E-state index < -0.39 is 6.04 Å². The lowest BCUT2D eigenvalue weighted by Gasteiger charge is -2.19. The van der Waals surface area contributed by atoms with Crippen LogP contribution in [0.5, 0.6) is 0 Å². The fraction of sp³-hybridized carbons (Fsp3) is 0.476. The second kappa shape index (κ2) is 9.24. The molecule has 152 valence electrons. The second-order valence-electron chi connectivity index (χ2n) is 7.69. The number of halogens is 1. The molecular formula is C21H28ClN3O3. The Bertz CT molecular complexity index is 813. The SMILES string of the molecule is CC(C)=C1CC(=O)N(c2ccc(Cl)c(NC(C)C(=O)NCCC(C)C)c2)C1=O.